The Labute approximate surface area is 114 Å². The van der Waals surface area contributed by atoms with Crippen molar-refractivity contribution in [3.63, 3.8) is 0 Å². The number of thiazole rings is 1. The Morgan fingerprint density at radius 1 is 1.17 bits per heavy atom. The molecule has 1 aromatic carbocycles. The Morgan fingerprint density at radius 2 is 2.00 bits per heavy atom. The summed E-state index contributed by atoms with van der Waals surface area (Å²) in [6.07, 6.45) is 1.66. The summed E-state index contributed by atoms with van der Waals surface area (Å²) < 4.78 is 5.34. The fourth-order valence-electron chi connectivity index (χ4n) is 1.68. The molecule has 4 heteroatoms. The highest BCUT2D eigenvalue weighted by Crippen LogP contribution is 2.29. The fraction of sp³-hybridized carbons (Fsp3) is 0.0714. The molecular formula is C14H10ClNOS. The topological polar surface area (TPSA) is 26.0 Å². The van der Waals surface area contributed by atoms with E-state index in [0.29, 0.717) is 5.88 Å². The molecule has 0 aliphatic heterocycles. The maximum Gasteiger partial charge on any atom is 0.162 e. The quantitative estimate of drug-likeness (QED) is 0.641. The van der Waals surface area contributed by atoms with Crippen LogP contribution in [-0.4, -0.2) is 4.98 Å². The standard InChI is InChI=1S/C14H10ClNOS/c15-8-10-3-5-11(6-4-10)12-9-18-14(16-12)13-2-1-7-17-13/h1-7,9H,8H2. The SMILES string of the molecule is ClCc1ccc(-c2csc(-c3ccco3)n2)cc1. The first-order valence-electron chi connectivity index (χ1n) is 5.51. The van der Waals surface area contributed by atoms with Gasteiger partial charge in [-0.3, -0.25) is 0 Å². The van der Waals surface area contributed by atoms with Crippen LogP contribution in [0, 0.1) is 0 Å². The second-order valence-corrected chi connectivity index (χ2v) is 4.97. The first-order chi connectivity index (χ1) is 8.86. The lowest BCUT2D eigenvalue weighted by Gasteiger charge is -1.98. The highest BCUT2D eigenvalue weighted by molar-refractivity contribution is 7.13. The van der Waals surface area contributed by atoms with Crippen molar-refractivity contribution in [2.24, 2.45) is 0 Å². The van der Waals surface area contributed by atoms with E-state index in [1.807, 2.05) is 41.8 Å². The summed E-state index contributed by atoms with van der Waals surface area (Å²) in [6.45, 7) is 0. The van der Waals surface area contributed by atoms with Gasteiger partial charge < -0.3 is 4.42 Å². The van der Waals surface area contributed by atoms with Gasteiger partial charge in [0.25, 0.3) is 0 Å². The second-order valence-electron chi connectivity index (χ2n) is 3.85. The molecule has 0 aliphatic carbocycles. The van der Waals surface area contributed by atoms with Gasteiger partial charge in [0.05, 0.1) is 12.0 Å². The van der Waals surface area contributed by atoms with E-state index in [4.69, 9.17) is 16.0 Å². The molecule has 3 aromatic rings. The van der Waals surface area contributed by atoms with Crippen molar-refractivity contribution >= 4 is 22.9 Å². The Bertz CT molecular complexity index is 628. The number of alkyl halides is 1. The average molecular weight is 276 g/mol. The van der Waals surface area contributed by atoms with Crippen molar-refractivity contribution in [3.05, 3.63) is 53.6 Å². The summed E-state index contributed by atoms with van der Waals surface area (Å²) in [5.41, 5.74) is 3.17. The van der Waals surface area contributed by atoms with Crippen molar-refractivity contribution in [2.45, 2.75) is 5.88 Å². The van der Waals surface area contributed by atoms with E-state index >= 15 is 0 Å². The molecule has 0 aliphatic rings. The van der Waals surface area contributed by atoms with E-state index in [-0.39, 0.29) is 0 Å². The highest BCUT2D eigenvalue weighted by atomic mass is 35.5. The maximum absolute atomic E-state index is 5.77. The normalized spacial score (nSPS) is 10.7. The number of rotatable bonds is 3. The summed E-state index contributed by atoms with van der Waals surface area (Å²) in [4.78, 5) is 4.57. The van der Waals surface area contributed by atoms with Crippen molar-refractivity contribution in [1.82, 2.24) is 4.98 Å². The molecule has 0 saturated carbocycles. The zero-order chi connectivity index (χ0) is 12.4. The molecule has 0 N–H and O–H groups in total. The van der Waals surface area contributed by atoms with Crippen LogP contribution < -0.4 is 0 Å². The van der Waals surface area contributed by atoms with E-state index in [2.05, 4.69) is 4.98 Å². The minimum atomic E-state index is 0.537. The summed E-state index contributed by atoms with van der Waals surface area (Å²) >= 11 is 7.35. The Kier molecular flexibility index (Phi) is 3.17. The van der Waals surface area contributed by atoms with Gasteiger partial charge in [-0.2, -0.15) is 0 Å². The third-order valence-corrected chi connectivity index (χ3v) is 3.81. The minimum absolute atomic E-state index is 0.537. The number of benzene rings is 1. The van der Waals surface area contributed by atoms with Crippen molar-refractivity contribution < 1.29 is 4.42 Å². The second kappa shape index (κ2) is 4.96. The van der Waals surface area contributed by atoms with E-state index in [1.54, 1.807) is 17.6 Å². The van der Waals surface area contributed by atoms with Gasteiger partial charge in [-0.05, 0) is 17.7 Å². The molecule has 2 heterocycles. The molecule has 0 radical (unpaired) electrons. The van der Waals surface area contributed by atoms with Crippen LogP contribution in [0.4, 0.5) is 0 Å². The van der Waals surface area contributed by atoms with Gasteiger partial charge in [0.15, 0.2) is 10.8 Å². The maximum atomic E-state index is 5.77. The molecule has 0 amide bonds. The number of nitrogens with zero attached hydrogens (tertiary/aromatic N) is 1. The van der Waals surface area contributed by atoms with Crippen LogP contribution in [0.5, 0.6) is 0 Å². The zero-order valence-electron chi connectivity index (χ0n) is 9.47. The number of halogens is 1. The third kappa shape index (κ3) is 2.19. The minimum Gasteiger partial charge on any atom is -0.462 e. The van der Waals surface area contributed by atoms with E-state index in [1.165, 1.54) is 0 Å². The highest BCUT2D eigenvalue weighted by Gasteiger charge is 2.08. The molecule has 0 bridgehead atoms. The number of aromatic nitrogens is 1. The van der Waals surface area contributed by atoms with Crippen LogP contribution in [-0.2, 0) is 5.88 Å². The van der Waals surface area contributed by atoms with Crippen LogP contribution in [0.25, 0.3) is 22.0 Å². The zero-order valence-corrected chi connectivity index (χ0v) is 11.0. The molecule has 2 nitrogen and oxygen atoms in total. The van der Waals surface area contributed by atoms with Crippen molar-refractivity contribution in [2.75, 3.05) is 0 Å². The lowest BCUT2D eigenvalue weighted by atomic mass is 10.1. The average Bonchev–Trinajstić information content (AvgIpc) is 3.09. The van der Waals surface area contributed by atoms with Gasteiger partial charge >= 0.3 is 0 Å². The molecule has 0 unspecified atom stereocenters. The van der Waals surface area contributed by atoms with Crippen LogP contribution in [0.2, 0.25) is 0 Å². The molecule has 0 fully saturated rings. The van der Waals surface area contributed by atoms with Gasteiger partial charge in [0.2, 0.25) is 0 Å². The van der Waals surface area contributed by atoms with Crippen LogP contribution >= 0.6 is 22.9 Å². The number of furan rings is 1. The van der Waals surface area contributed by atoms with E-state index in [9.17, 15) is 0 Å². The Morgan fingerprint density at radius 3 is 2.67 bits per heavy atom. The first kappa shape index (κ1) is 11.5. The Hall–Kier alpha value is -1.58. The van der Waals surface area contributed by atoms with E-state index < -0.39 is 0 Å². The van der Waals surface area contributed by atoms with E-state index in [0.717, 1.165) is 27.6 Å². The molecule has 0 atom stereocenters. The smallest absolute Gasteiger partial charge is 0.162 e. The first-order valence-corrected chi connectivity index (χ1v) is 6.93. The molecule has 3 rings (SSSR count). The summed E-state index contributed by atoms with van der Waals surface area (Å²) in [5.74, 6) is 1.35. The van der Waals surface area contributed by atoms with Gasteiger partial charge in [-0.1, -0.05) is 24.3 Å². The molecule has 2 aromatic heterocycles. The van der Waals surface area contributed by atoms with Crippen LogP contribution in [0.15, 0.2) is 52.5 Å². The molecule has 18 heavy (non-hydrogen) atoms. The number of hydrogen-bond donors (Lipinski definition) is 0. The third-order valence-electron chi connectivity index (χ3n) is 2.64. The Balaban J connectivity index is 1.92. The summed E-state index contributed by atoms with van der Waals surface area (Å²) in [7, 11) is 0. The monoisotopic (exact) mass is 275 g/mol. The van der Waals surface area contributed by atoms with Crippen LogP contribution in [0.3, 0.4) is 0 Å². The largest absolute Gasteiger partial charge is 0.462 e. The summed E-state index contributed by atoms with van der Waals surface area (Å²) in [6, 6.07) is 11.9. The molecule has 0 saturated heterocycles. The van der Waals surface area contributed by atoms with Crippen molar-refractivity contribution in [1.29, 1.82) is 0 Å². The molecule has 90 valence electrons. The fourth-order valence-corrected chi connectivity index (χ4v) is 2.66. The van der Waals surface area contributed by atoms with Gasteiger partial charge in [-0.25, -0.2) is 4.98 Å². The molecular weight excluding hydrogens is 266 g/mol. The predicted molar refractivity (Wildman–Crippen MR) is 74.8 cm³/mol. The van der Waals surface area contributed by atoms with Crippen molar-refractivity contribution in [3.8, 4) is 22.0 Å². The molecule has 0 spiro atoms. The number of hydrogen-bond acceptors (Lipinski definition) is 3. The summed E-state index contributed by atoms with van der Waals surface area (Å²) in [5, 5.41) is 2.93. The van der Waals surface area contributed by atoms with Gasteiger partial charge in [-0.15, -0.1) is 22.9 Å². The predicted octanol–water partition coefficient (Wildman–Crippen LogP) is 4.81. The van der Waals surface area contributed by atoms with Gasteiger partial charge in [0, 0.05) is 16.8 Å². The lowest BCUT2D eigenvalue weighted by Crippen LogP contribution is -1.81. The lowest BCUT2D eigenvalue weighted by molar-refractivity contribution is 0.582. The van der Waals surface area contributed by atoms with Gasteiger partial charge in [0.1, 0.15) is 0 Å². The van der Waals surface area contributed by atoms with Crippen LogP contribution in [0.1, 0.15) is 5.56 Å².